The number of hydrogen-bond acceptors (Lipinski definition) is 5. The molecule has 0 saturated carbocycles. The van der Waals surface area contributed by atoms with Crippen LogP contribution in [0.25, 0.3) is 0 Å². The fourth-order valence-electron chi connectivity index (χ4n) is 2.46. The number of carbonyl (C=O) groups is 1. The lowest BCUT2D eigenvalue weighted by molar-refractivity contribution is -0.384. The van der Waals surface area contributed by atoms with E-state index >= 15 is 0 Å². The van der Waals surface area contributed by atoms with Crippen molar-refractivity contribution in [2.75, 3.05) is 24.7 Å². The van der Waals surface area contributed by atoms with Crippen LogP contribution < -0.4 is 10.6 Å². The molecule has 1 atom stereocenters. The van der Waals surface area contributed by atoms with E-state index in [1.165, 1.54) is 6.07 Å². The van der Waals surface area contributed by atoms with Gasteiger partial charge in [0.2, 0.25) is 0 Å². The van der Waals surface area contributed by atoms with E-state index in [0.717, 1.165) is 18.6 Å². The van der Waals surface area contributed by atoms with Gasteiger partial charge in [0, 0.05) is 18.3 Å². The highest BCUT2D eigenvalue weighted by Crippen LogP contribution is 2.37. The molecule has 1 amide bonds. The molecule has 0 radical (unpaired) electrons. The smallest absolute Gasteiger partial charge is 0.305 e. The van der Waals surface area contributed by atoms with Crippen molar-refractivity contribution >= 4 is 29.0 Å². The zero-order chi connectivity index (χ0) is 15.5. The number of nitrogens with one attached hydrogen (secondary N) is 2. The molecule has 1 aromatic rings. The Balaban J connectivity index is 2.17. The fourth-order valence-corrected chi connectivity index (χ4v) is 3.71. The van der Waals surface area contributed by atoms with Crippen molar-refractivity contribution in [1.29, 1.82) is 0 Å². The maximum atomic E-state index is 12.3. The summed E-state index contributed by atoms with van der Waals surface area (Å²) >= 11 is 1.84. The van der Waals surface area contributed by atoms with Crippen LogP contribution in [0.1, 0.15) is 30.1 Å². The summed E-state index contributed by atoms with van der Waals surface area (Å²) in [7, 11) is 1.60. The molecule has 6 nitrogen and oxygen atoms in total. The third-order valence-electron chi connectivity index (χ3n) is 3.66. The molecule has 1 aromatic carbocycles. The number of para-hydroxylation sites is 1. The van der Waals surface area contributed by atoms with Crippen LogP contribution in [0.4, 0.5) is 11.4 Å². The van der Waals surface area contributed by atoms with Crippen LogP contribution in [0, 0.1) is 10.1 Å². The van der Waals surface area contributed by atoms with Crippen LogP contribution >= 0.6 is 11.8 Å². The Hall–Kier alpha value is -1.76. The molecule has 0 spiro atoms. The Morgan fingerprint density at radius 1 is 1.52 bits per heavy atom. The first-order valence-corrected chi connectivity index (χ1v) is 7.83. The Labute approximate surface area is 127 Å². The molecule has 1 aliphatic heterocycles. The van der Waals surface area contributed by atoms with Gasteiger partial charge in [-0.2, -0.15) is 11.8 Å². The number of amides is 1. The zero-order valence-electron chi connectivity index (χ0n) is 12.1. The lowest BCUT2D eigenvalue weighted by Gasteiger charge is -2.22. The molecule has 2 rings (SSSR count). The topological polar surface area (TPSA) is 84.3 Å². The molecule has 0 aliphatic carbocycles. The van der Waals surface area contributed by atoms with Crippen molar-refractivity contribution in [3.05, 3.63) is 33.9 Å². The van der Waals surface area contributed by atoms with Gasteiger partial charge in [-0.15, -0.1) is 0 Å². The van der Waals surface area contributed by atoms with Gasteiger partial charge in [0.15, 0.2) is 0 Å². The number of thioether (sulfide) groups is 1. The molecule has 1 heterocycles. The number of carbonyl (C=O) groups excluding carboxylic acids is 1. The standard InChI is InChI=1S/C14H19N3O3S/c1-14(7-4-8-21-14)9-16-13(18)10-5-3-6-11(15-2)12(10)17(19)20/h3,5-6,15H,4,7-9H2,1-2H3,(H,16,18). The second kappa shape index (κ2) is 6.34. The molecule has 7 heteroatoms. The first-order valence-electron chi connectivity index (χ1n) is 6.84. The van der Waals surface area contributed by atoms with E-state index in [0.29, 0.717) is 12.2 Å². The van der Waals surface area contributed by atoms with E-state index < -0.39 is 10.8 Å². The minimum Gasteiger partial charge on any atom is -0.383 e. The molecule has 114 valence electrons. The van der Waals surface area contributed by atoms with Crippen molar-refractivity contribution in [2.45, 2.75) is 24.5 Å². The molecule has 0 bridgehead atoms. The van der Waals surface area contributed by atoms with Gasteiger partial charge in [0.1, 0.15) is 11.3 Å². The van der Waals surface area contributed by atoms with E-state index in [-0.39, 0.29) is 16.0 Å². The molecule has 1 unspecified atom stereocenters. The summed E-state index contributed by atoms with van der Waals surface area (Å²) in [5.74, 6) is 0.703. The lowest BCUT2D eigenvalue weighted by Crippen LogP contribution is -2.37. The molecule has 1 saturated heterocycles. The number of nitro groups is 1. The van der Waals surface area contributed by atoms with E-state index in [9.17, 15) is 14.9 Å². The summed E-state index contributed by atoms with van der Waals surface area (Å²) in [5.41, 5.74) is 0.259. The van der Waals surface area contributed by atoms with Crippen molar-refractivity contribution in [3.8, 4) is 0 Å². The zero-order valence-corrected chi connectivity index (χ0v) is 13.0. The van der Waals surface area contributed by atoms with E-state index in [1.807, 2.05) is 11.8 Å². The molecule has 0 aromatic heterocycles. The number of nitrogens with zero attached hydrogens (tertiary/aromatic N) is 1. The number of hydrogen-bond donors (Lipinski definition) is 2. The second-order valence-corrected chi connectivity index (χ2v) is 6.98. The van der Waals surface area contributed by atoms with Crippen LogP contribution in [0.5, 0.6) is 0 Å². The fraction of sp³-hybridized carbons (Fsp3) is 0.500. The Kier molecular flexibility index (Phi) is 4.72. The van der Waals surface area contributed by atoms with Gasteiger partial charge >= 0.3 is 5.69 Å². The number of rotatable bonds is 5. The van der Waals surface area contributed by atoms with Gasteiger partial charge in [-0.3, -0.25) is 14.9 Å². The highest BCUT2D eigenvalue weighted by Gasteiger charge is 2.31. The Morgan fingerprint density at radius 3 is 2.86 bits per heavy atom. The van der Waals surface area contributed by atoms with Crippen molar-refractivity contribution in [2.24, 2.45) is 0 Å². The number of anilines is 1. The van der Waals surface area contributed by atoms with Crippen LogP contribution in [0.15, 0.2) is 18.2 Å². The maximum Gasteiger partial charge on any atom is 0.305 e. The highest BCUT2D eigenvalue weighted by atomic mass is 32.2. The molecule has 2 N–H and O–H groups in total. The van der Waals surface area contributed by atoms with Gasteiger partial charge in [0.05, 0.1) is 4.92 Å². The number of benzene rings is 1. The summed E-state index contributed by atoms with van der Waals surface area (Å²) in [6.07, 6.45) is 2.20. The van der Waals surface area contributed by atoms with Crippen molar-refractivity contribution in [3.63, 3.8) is 0 Å². The average molecular weight is 309 g/mol. The normalized spacial score (nSPS) is 21.0. The first kappa shape index (κ1) is 15.6. The molecule has 21 heavy (non-hydrogen) atoms. The third kappa shape index (κ3) is 3.47. The monoisotopic (exact) mass is 309 g/mol. The second-order valence-electron chi connectivity index (χ2n) is 5.29. The van der Waals surface area contributed by atoms with E-state index in [2.05, 4.69) is 17.6 Å². The summed E-state index contributed by atoms with van der Waals surface area (Å²) in [4.78, 5) is 23.0. The minimum absolute atomic E-state index is 0.0328. The molecule has 1 aliphatic rings. The van der Waals surface area contributed by atoms with Gasteiger partial charge in [-0.05, 0) is 37.7 Å². The predicted molar refractivity (Wildman–Crippen MR) is 85.1 cm³/mol. The van der Waals surface area contributed by atoms with Gasteiger partial charge in [0.25, 0.3) is 5.91 Å². The van der Waals surface area contributed by atoms with Crippen molar-refractivity contribution < 1.29 is 9.72 Å². The van der Waals surface area contributed by atoms with Gasteiger partial charge in [-0.1, -0.05) is 6.07 Å². The van der Waals surface area contributed by atoms with E-state index in [1.54, 1.807) is 19.2 Å². The SMILES string of the molecule is CNc1cccc(C(=O)NCC2(C)CCCS2)c1[N+](=O)[O-]. The lowest BCUT2D eigenvalue weighted by atomic mass is 10.1. The largest absolute Gasteiger partial charge is 0.383 e. The van der Waals surface area contributed by atoms with Gasteiger partial charge in [-0.25, -0.2) is 0 Å². The van der Waals surface area contributed by atoms with Crippen molar-refractivity contribution in [1.82, 2.24) is 5.32 Å². The Bertz CT molecular complexity index is 556. The summed E-state index contributed by atoms with van der Waals surface area (Å²) < 4.78 is 0.0328. The summed E-state index contributed by atoms with van der Waals surface area (Å²) in [6.45, 7) is 2.64. The molecule has 1 fully saturated rings. The van der Waals surface area contributed by atoms with Crippen LogP contribution in [-0.4, -0.2) is 34.9 Å². The van der Waals surface area contributed by atoms with Crippen LogP contribution in [0.2, 0.25) is 0 Å². The third-order valence-corrected chi connectivity index (χ3v) is 5.19. The van der Waals surface area contributed by atoms with Gasteiger partial charge < -0.3 is 10.6 Å². The molecular weight excluding hydrogens is 290 g/mol. The van der Waals surface area contributed by atoms with Crippen LogP contribution in [-0.2, 0) is 0 Å². The van der Waals surface area contributed by atoms with E-state index in [4.69, 9.17) is 0 Å². The van der Waals surface area contributed by atoms with Crippen LogP contribution in [0.3, 0.4) is 0 Å². The molecular formula is C14H19N3O3S. The average Bonchev–Trinajstić information content (AvgIpc) is 2.91. The Morgan fingerprint density at radius 2 is 2.29 bits per heavy atom. The minimum atomic E-state index is -0.521. The summed E-state index contributed by atoms with van der Waals surface area (Å²) in [5, 5.41) is 16.8. The maximum absolute atomic E-state index is 12.3. The quantitative estimate of drug-likeness (QED) is 0.645. The summed E-state index contributed by atoms with van der Waals surface area (Å²) in [6, 6.07) is 4.71. The first-order chi connectivity index (χ1) is 9.97. The highest BCUT2D eigenvalue weighted by molar-refractivity contribution is 8.00. The number of nitro benzene ring substituents is 1. The predicted octanol–water partition coefficient (Wildman–Crippen LogP) is 2.65.